The number of anilines is 1. The molecule has 0 amide bonds. The third kappa shape index (κ3) is 3.36. The van der Waals surface area contributed by atoms with Crippen LogP contribution in [0.2, 0.25) is 0 Å². The van der Waals surface area contributed by atoms with E-state index < -0.39 is 4.92 Å². The zero-order valence-electron chi connectivity index (χ0n) is 9.14. The van der Waals surface area contributed by atoms with E-state index in [1.165, 1.54) is 12.1 Å². The molecule has 3 N–H and O–H groups in total. The Kier molecular flexibility index (Phi) is 4.47. The Labute approximate surface area is 94.1 Å². The van der Waals surface area contributed by atoms with E-state index in [1.54, 1.807) is 6.07 Å². The molecule has 0 bridgehead atoms. The smallest absolute Gasteiger partial charge is 0.271 e. The highest BCUT2D eigenvalue weighted by Gasteiger charge is 2.06. The zero-order chi connectivity index (χ0) is 12.0. The van der Waals surface area contributed by atoms with E-state index in [0.717, 1.165) is 18.5 Å². The van der Waals surface area contributed by atoms with Gasteiger partial charge in [-0.15, -0.1) is 0 Å². The minimum absolute atomic E-state index is 0.0184. The van der Waals surface area contributed by atoms with Crippen molar-refractivity contribution >= 4 is 17.5 Å². The standard InChI is InChI=1S/C11H15N3O2/c1-13-7-3-2-4-9-5-6-10(14(15)16)8-11(9)12/h2,4-6,8,13H,3,7,12H2,1H3. The molecular weight excluding hydrogens is 206 g/mol. The van der Waals surface area contributed by atoms with Crippen LogP contribution in [0, 0.1) is 10.1 Å². The van der Waals surface area contributed by atoms with E-state index >= 15 is 0 Å². The zero-order valence-corrected chi connectivity index (χ0v) is 9.14. The lowest BCUT2D eigenvalue weighted by atomic mass is 10.1. The fourth-order valence-corrected chi connectivity index (χ4v) is 1.27. The second-order valence-electron chi connectivity index (χ2n) is 3.36. The molecule has 0 saturated carbocycles. The number of hydrogen-bond donors (Lipinski definition) is 2. The number of nitro benzene ring substituents is 1. The summed E-state index contributed by atoms with van der Waals surface area (Å²) in [7, 11) is 1.88. The van der Waals surface area contributed by atoms with Crippen molar-refractivity contribution in [2.24, 2.45) is 0 Å². The van der Waals surface area contributed by atoms with Crippen LogP contribution in [0.3, 0.4) is 0 Å². The maximum absolute atomic E-state index is 10.5. The van der Waals surface area contributed by atoms with E-state index in [0.29, 0.717) is 5.69 Å². The molecule has 0 radical (unpaired) electrons. The summed E-state index contributed by atoms with van der Waals surface area (Å²) in [5.74, 6) is 0. The Morgan fingerprint density at radius 2 is 2.31 bits per heavy atom. The topological polar surface area (TPSA) is 81.2 Å². The number of hydrogen-bond acceptors (Lipinski definition) is 4. The summed E-state index contributed by atoms with van der Waals surface area (Å²) in [4.78, 5) is 10.0. The first-order valence-electron chi connectivity index (χ1n) is 5.00. The average molecular weight is 221 g/mol. The van der Waals surface area contributed by atoms with Crippen LogP contribution in [0.1, 0.15) is 12.0 Å². The third-order valence-electron chi connectivity index (χ3n) is 2.14. The van der Waals surface area contributed by atoms with Crippen molar-refractivity contribution in [1.29, 1.82) is 0 Å². The van der Waals surface area contributed by atoms with Gasteiger partial charge < -0.3 is 11.1 Å². The van der Waals surface area contributed by atoms with E-state index in [-0.39, 0.29) is 5.69 Å². The highest BCUT2D eigenvalue weighted by atomic mass is 16.6. The molecule has 0 unspecified atom stereocenters. The molecule has 1 aromatic carbocycles. The minimum Gasteiger partial charge on any atom is -0.398 e. The molecule has 16 heavy (non-hydrogen) atoms. The van der Waals surface area contributed by atoms with Crippen molar-refractivity contribution in [1.82, 2.24) is 5.32 Å². The molecule has 5 nitrogen and oxygen atoms in total. The number of rotatable bonds is 5. The molecule has 0 aliphatic rings. The molecular formula is C11H15N3O2. The number of nitrogens with zero attached hydrogens (tertiary/aromatic N) is 1. The van der Waals surface area contributed by atoms with Crippen LogP contribution in [0.15, 0.2) is 24.3 Å². The summed E-state index contributed by atoms with van der Waals surface area (Å²) in [5.41, 5.74) is 6.95. The van der Waals surface area contributed by atoms with Crippen molar-refractivity contribution in [3.8, 4) is 0 Å². The predicted octanol–water partition coefficient (Wildman–Crippen LogP) is 1.80. The van der Waals surface area contributed by atoms with Gasteiger partial charge in [0.25, 0.3) is 5.69 Å². The van der Waals surface area contributed by atoms with E-state index in [2.05, 4.69) is 5.32 Å². The molecule has 0 fully saturated rings. The second kappa shape index (κ2) is 5.87. The minimum atomic E-state index is -0.454. The summed E-state index contributed by atoms with van der Waals surface area (Å²) >= 11 is 0. The van der Waals surface area contributed by atoms with Crippen molar-refractivity contribution in [2.45, 2.75) is 6.42 Å². The number of nitrogens with two attached hydrogens (primary N) is 1. The van der Waals surface area contributed by atoms with Crippen LogP contribution in [-0.2, 0) is 0 Å². The van der Waals surface area contributed by atoms with E-state index in [4.69, 9.17) is 5.73 Å². The Hall–Kier alpha value is -1.88. The van der Waals surface area contributed by atoms with Gasteiger partial charge in [0.1, 0.15) is 0 Å². The highest BCUT2D eigenvalue weighted by molar-refractivity contribution is 5.67. The van der Waals surface area contributed by atoms with Crippen LogP contribution in [0.4, 0.5) is 11.4 Å². The molecule has 0 aliphatic heterocycles. The molecule has 5 heteroatoms. The number of nitro groups is 1. The molecule has 0 spiro atoms. The number of nitrogen functional groups attached to an aromatic ring is 1. The Morgan fingerprint density at radius 3 is 2.88 bits per heavy atom. The number of benzene rings is 1. The maximum Gasteiger partial charge on any atom is 0.271 e. The van der Waals surface area contributed by atoms with Crippen LogP contribution in [0.5, 0.6) is 0 Å². The van der Waals surface area contributed by atoms with Crippen LogP contribution in [-0.4, -0.2) is 18.5 Å². The van der Waals surface area contributed by atoms with Gasteiger partial charge in [0, 0.05) is 17.8 Å². The summed E-state index contributed by atoms with van der Waals surface area (Å²) in [5, 5.41) is 13.5. The van der Waals surface area contributed by atoms with Crippen molar-refractivity contribution in [2.75, 3.05) is 19.3 Å². The summed E-state index contributed by atoms with van der Waals surface area (Å²) in [6, 6.07) is 4.48. The average Bonchev–Trinajstić information content (AvgIpc) is 2.26. The van der Waals surface area contributed by atoms with Gasteiger partial charge in [-0.2, -0.15) is 0 Å². The van der Waals surface area contributed by atoms with Crippen molar-refractivity contribution < 1.29 is 4.92 Å². The van der Waals surface area contributed by atoms with Gasteiger partial charge in [0.2, 0.25) is 0 Å². The first-order chi connectivity index (χ1) is 7.65. The Balaban J connectivity index is 2.75. The third-order valence-corrected chi connectivity index (χ3v) is 2.14. The lowest BCUT2D eigenvalue weighted by Crippen LogP contribution is -2.05. The van der Waals surface area contributed by atoms with Crippen molar-refractivity contribution in [3.63, 3.8) is 0 Å². The molecule has 0 atom stereocenters. The first kappa shape index (κ1) is 12.2. The molecule has 0 saturated heterocycles. The van der Waals surface area contributed by atoms with Crippen LogP contribution < -0.4 is 11.1 Å². The second-order valence-corrected chi connectivity index (χ2v) is 3.36. The van der Waals surface area contributed by atoms with Crippen LogP contribution >= 0.6 is 0 Å². The molecule has 1 aromatic rings. The highest BCUT2D eigenvalue weighted by Crippen LogP contribution is 2.20. The van der Waals surface area contributed by atoms with E-state index in [1.807, 2.05) is 19.2 Å². The van der Waals surface area contributed by atoms with Gasteiger partial charge in [-0.05, 0) is 31.6 Å². The Morgan fingerprint density at radius 1 is 1.56 bits per heavy atom. The normalized spacial score (nSPS) is 10.8. The summed E-state index contributed by atoms with van der Waals surface area (Å²) in [6.07, 6.45) is 4.75. The molecule has 0 aliphatic carbocycles. The fourth-order valence-electron chi connectivity index (χ4n) is 1.27. The van der Waals surface area contributed by atoms with Gasteiger partial charge in [-0.25, -0.2) is 0 Å². The van der Waals surface area contributed by atoms with Crippen molar-refractivity contribution in [3.05, 3.63) is 40.0 Å². The van der Waals surface area contributed by atoms with Gasteiger partial charge in [0.05, 0.1) is 4.92 Å². The Bertz CT molecular complexity index is 402. The maximum atomic E-state index is 10.5. The lowest BCUT2D eigenvalue weighted by Gasteiger charge is -2.00. The fraction of sp³-hybridized carbons (Fsp3) is 0.273. The first-order valence-corrected chi connectivity index (χ1v) is 5.00. The van der Waals surface area contributed by atoms with Gasteiger partial charge in [-0.1, -0.05) is 12.2 Å². The van der Waals surface area contributed by atoms with Gasteiger partial charge in [0.15, 0.2) is 0 Å². The van der Waals surface area contributed by atoms with E-state index in [9.17, 15) is 10.1 Å². The molecule has 1 rings (SSSR count). The number of non-ortho nitro benzene ring substituents is 1. The molecule has 86 valence electrons. The van der Waals surface area contributed by atoms with Gasteiger partial charge in [-0.3, -0.25) is 10.1 Å². The summed E-state index contributed by atoms with van der Waals surface area (Å²) in [6.45, 7) is 0.892. The summed E-state index contributed by atoms with van der Waals surface area (Å²) < 4.78 is 0. The quantitative estimate of drug-likeness (QED) is 0.344. The predicted molar refractivity (Wildman–Crippen MR) is 65.1 cm³/mol. The molecule has 0 heterocycles. The monoisotopic (exact) mass is 221 g/mol. The molecule has 0 aromatic heterocycles. The SMILES string of the molecule is CNCCC=Cc1ccc([N+](=O)[O-])cc1N. The largest absolute Gasteiger partial charge is 0.398 e. The van der Waals surface area contributed by atoms with Crippen LogP contribution in [0.25, 0.3) is 6.08 Å². The van der Waals surface area contributed by atoms with Gasteiger partial charge >= 0.3 is 0 Å². The lowest BCUT2D eigenvalue weighted by molar-refractivity contribution is -0.384. The number of nitrogens with one attached hydrogen (secondary N) is 1.